The minimum Gasteiger partial charge on any atom is -0.406 e. The molecule has 2 aromatic rings. The zero-order valence-electron chi connectivity index (χ0n) is 11.1. The molecule has 0 spiro atoms. The number of aromatic nitrogens is 2. The Bertz CT molecular complexity index is 631. The smallest absolute Gasteiger partial charge is 0.406 e. The summed E-state index contributed by atoms with van der Waals surface area (Å²) in [4.78, 5) is 8.20. The number of nitrogens with two attached hydrogens (primary N) is 1. The van der Waals surface area contributed by atoms with E-state index in [9.17, 15) is 13.2 Å². The molecule has 0 saturated heterocycles. The fourth-order valence-electron chi connectivity index (χ4n) is 1.66. The summed E-state index contributed by atoms with van der Waals surface area (Å²) in [7, 11) is 0. The fourth-order valence-corrected chi connectivity index (χ4v) is 1.66. The second-order valence-electron chi connectivity index (χ2n) is 4.15. The van der Waals surface area contributed by atoms with Gasteiger partial charge in [-0.05, 0) is 12.1 Å². The molecule has 0 atom stereocenters. The van der Waals surface area contributed by atoms with Gasteiger partial charge in [0.25, 0.3) is 0 Å². The normalized spacial score (nSPS) is 11.2. The van der Waals surface area contributed by atoms with Crippen molar-refractivity contribution < 1.29 is 17.9 Å². The molecule has 0 aliphatic rings. The largest absolute Gasteiger partial charge is 0.573 e. The van der Waals surface area contributed by atoms with E-state index >= 15 is 0 Å². The van der Waals surface area contributed by atoms with Gasteiger partial charge in [0.05, 0.1) is 0 Å². The SMILES string of the molecule is CCc1nc(N)cc(Nc2cccc(OC(F)(F)F)c2)n1. The highest BCUT2D eigenvalue weighted by molar-refractivity contribution is 5.60. The molecule has 112 valence electrons. The van der Waals surface area contributed by atoms with E-state index in [0.717, 1.165) is 0 Å². The predicted molar refractivity (Wildman–Crippen MR) is 72.2 cm³/mol. The lowest BCUT2D eigenvalue weighted by Crippen LogP contribution is -2.17. The van der Waals surface area contributed by atoms with Crippen molar-refractivity contribution in [2.45, 2.75) is 19.7 Å². The van der Waals surface area contributed by atoms with Crippen LogP contribution in [0.15, 0.2) is 30.3 Å². The van der Waals surface area contributed by atoms with Crippen molar-refractivity contribution in [1.29, 1.82) is 0 Å². The zero-order valence-corrected chi connectivity index (χ0v) is 11.1. The molecule has 0 amide bonds. The first-order valence-corrected chi connectivity index (χ1v) is 6.12. The third-order valence-corrected chi connectivity index (χ3v) is 2.45. The average Bonchev–Trinajstić information content (AvgIpc) is 2.36. The number of ether oxygens (including phenoxy) is 1. The van der Waals surface area contributed by atoms with Gasteiger partial charge in [-0.2, -0.15) is 0 Å². The zero-order chi connectivity index (χ0) is 15.5. The first kappa shape index (κ1) is 14.9. The maximum atomic E-state index is 12.2. The van der Waals surface area contributed by atoms with Crippen LogP contribution in [-0.2, 0) is 6.42 Å². The first-order chi connectivity index (χ1) is 9.85. The number of alkyl halides is 3. The van der Waals surface area contributed by atoms with Crippen molar-refractivity contribution >= 4 is 17.3 Å². The van der Waals surface area contributed by atoms with Crippen molar-refractivity contribution in [3.63, 3.8) is 0 Å². The Hall–Kier alpha value is -2.51. The van der Waals surface area contributed by atoms with Crippen LogP contribution in [-0.4, -0.2) is 16.3 Å². The summed E-state index contributed by atoms with van der Waals surface area (Å²) in [6.07, 6.45) is -4.13. The Labute approximate surface area is 119 Å². The molecule has 1 aromatic heterocycles. The van der Waals surface area contributed by atoms with Gasteiger partial charge in [-0.3, -0.25) is 0 Å². The second-order valence-corrected chi connectivity index (χ2v) is 4.15. The number of nitrogens with zero attached hydrogens (tertiary/aromatic N) is 2. The summed E-state index contributed by atoms with van der Waals surface area (Å²) in [5.41, 5.74) is 6.04. The standard InChI is InChI=1S/C13H13F3N4O/c1-2-11-19-10(17)7-12(20-11)18-8-4-3-5-9(6-8)21-13(14,15)16/h3-7H,2H2,1H3,(H3,17,18,19,20). The highest BCUT2D eigenvalue weighted by Crippen LogP contribution is 2.26. The van der Waals surface area contributed by atoms with Crippen LogP contribution >= 0.6 is 0 Å². The lowest BCUT2D eigenvalue weighted by Gasteiger charge is -2.11. The number of hydrogen-bond donors (Lipinski definition) is 2. The van der Waals surface area contributed by atoms with Crippen molar-refractivity contribution in [3.05, 3.63) is 36.2 Å². The van der Waals surface area contributed by atoms with E-state index in [2.05, 4.69) is 20.0 Å². The van der Waals surface area contributed by atoms with Crippen molar-refractivity contribution in [2.75, 3.05) is 11.1 Å². The van der Waals surface area contributed by atoms with Crippen LogP contribution in [0.5, 0.6) is 5.75 Å². The molecular formula is C13H13F3N4O. The molecule has 0 saturated carbocycles. The number of nitrogen functional groups attached to an aromatic ring is 1. The van der Waals surface area contributed by atoms with E-state index in [1.54, 1.807) is 6.07 Å². The van der Waals surface area contributed by atoms with Gasteiger partial charge in [-0.15, -0.1) is 13.2 Å². The molecule has 5 nitrogen and oxygen atoms in total. The molecule has 0 aliphatic carbocycles. The van der Waals surface area contributed by atoms with Crippen molar-refractivity contribution in [1.82, 2.24) is 9.97 Å². The highest BCUT2D eigenvalue weighted by Gasteiger charge is 2.31. The lowest BCUT2D eigenvalue weighted by atomic mass is 10.3. The van der Waals surface area contributed by atoms with Gasteiger partial charge in [0, 0.05) is 24.2 Å². The number of anilines is 3. The Morgan fingerprint density at radius 2 is 2.00 bits per heavy atom. The van der Waals surface area contributed by atoms with E-state index in [1.807, 2.05) is 6.92 Å². The molecular weight excluding hydrogens is 285 g/mol. The summed E-state index contributed by atoms with van der Waals surface area (Å²) in [5.74, 6) is 0.918. The van der Waals surface area contributed by atoms with Crippen LogP contribution in [0.3, 0.4) is 0 Å². The van der Waals surface area contributed by atoms with E-state index in [-0.39, 0.29) is 11.6 Å². The van der Waals surface area contributed by atoms with Crippen molar-refractivity contribution in [2.24, 2.45) is 0 Å². The van der Waals surface area contributed by atoms with Crippen LogP contribution in [0.25, 0.3) is 0 Å². The number of rotatable bonds is 4. The molecule has 1 aromatic carbocycles. The molecule has 0 fully saturated rings. The molecule has 8 heteroatoms. The number of halogens is 3. The number of hydrogen-bond acceptors (Lipinski definition) is 5. The van der Waals surface area contributed by atoms with Crippen LogP contribution in [0, 0.1) is 0 Å². The minimum atomic E-state index is -4.73. The van der Waals surface area contributed by atoms with Gasteiger partial charge in [0.1, 0.15) is 23.2 Å². The fraction of sp³-hybridized carbons (Fsp3) is 0.231. The van der Waals surface area contributed by atoms with Crippen molar-refractivity contribution in [3.8, 4) is 5.75 Å². The molecule has 2 rings (SSSR count). The summed E-state index contributed by atoms with van der Waals surface area (Å²) >= 11 is 0. The van der Waals surface area contributed by atoms with Crippen LogP contribution in [0.1, 0.15) is 12.7 Å². The summed E-state index contributed by atoms with van der Waals surface area (Å²) < 4.78 is 40.4. The maximum absolute atomic E-state index is 12.2. The molecule has 3 N–H and O–H groups in total. The minimum absolute atomic E-state index is 0.284. The Balaban J connectivity index is 2.20. The average molecular weight is 298 g/mol. The predicted octanol–water partition coefficient (Wildman–Crippen LogP) is 3.26. The second kappa shape index (κ2) is 5.86. The third kappa shape index (κ3) is 4.51. The van der Waals surface area contributed by atoms with E-state index in [1.165, 1.54) is 24.3 Å². The molecule has 0 radical (unpaired) electrons. The third-order valence-electron chi connectivity index (χ3n) is 2.45. The Morgan fingerprint density at radius 1 is 1.24 bits per heavy atom. The van der Waals surface area contributed by atoms with Gasteiger partial charge < -0.3 is 15.8 Å². The van der Waals surface area contributed by atoms with Gasteiger partial charge in [0.2, 0.25) is 0 Å². The lowest BCUT2D eigenvalue weighted by molar-refractivity contribution is -0.274. The summed E-state index contributed by atoms with van der Waals surface area (Å²) in [5, 5.41) is 2.87. The van der Waals surface area contributed by atoms with Crippen LogP contribution < -0.4 is 15.8 Å². The Kier molecular flexibility index (Phi) is 4.15. The first-order valence-electron chi connectivity index (χ1n) is 6.12. The number of benzene rings is 1. The Morgan fingerprint density at radius 3 is 2.67 bits per heavy atom. The topological polar surface area (TPSA) is 73.1 Å². The van der Waals surface area contributed by atoms with Crippen LogP contribution in [0.2, 0.25) is 0 Å². The summed E-state index contributed by atoms with van der Waals surface area (Å²) in [6.45, 7) is 1.87. The molecule has 21 heavy (non-hydrogen) atoms. The quantitative estimate of drug-likeness (QED) is 0.906. The monoisotopic (exact) mass is 298 g/mol. The van der Waals surface area contributed by atoms with Crippen LogP contribution in [0.4, 0.5) is 30.5 Å². The van der Waals surface area contributed by atoms with Gasteiger partial charge in [-0.1, -0.05) is 13.0 Å². The number of nitrogens with one attached hydrogen (secondary N) is 1. The number of aryl methyl sites for hydroxylation is 1. The molecule has 1 heterocycles. The van der Waals surface area contributed by atoms with E-state index in [4.69, 9.17) is 5.73 Å². The molecule has 0 bridgehead atoms. The maximum Gasteiger partial charge on any atom is 0.573 e. The van der Waals surface area contributed by atoms with E-state index < -0.39 is 6.36 Å². The highest BCUT2D eigenvalue weighted by atomic mass is 19.4. The van der Waals surface area contributed by atoms with Gasteiger partial charge >= 0.3 is 6.36 Å². The summed E-state index contributed by atoms with van der Waals surface area (Å²) in [6, 6.07) is 6.96. The van der Waals surface area contributed by atoms with E-state index in [0.29, 0.717) is 23.8 Å². The molecule has 0 unspecified atom stereocenters. The van der Waals surface area contributed by atoms with Gasteiger partial charge in [0.15, 0.2) is 0 Å². The van der Waals surface area contributed by atoms with Gasteiger partial charge in [-0.25, -0.2) is 9.97 Å². The molecule has 0 aliphatic heterocycles.